The van der Waals surface area contributed by atoms with E-state index in [2.05, 4.69) is 5.32 Å². The summed E-state index contributed by atoms with van der Waals surface area (Å²) in [5, 5.41) is 2.18. The number of carbonyl (C=O) groups is 3. The van der Waals surface area contributed by atoms with Crippen molar-refractivity contribution in [3.63, 3.8) is 0 Å². The van der Waals surface area contributed by atoms with E-state index in [0.717, 1.165) is 4.90 Å². The molecule has 29 heavy (non-hydrogen) atoms. The van der Waals surface area contributed by atoms with Gasteiger partial charge in [-0.05, 0) is 24.5 Å². The molecule has 2 aromatic carbocycles. The van der Waals surface area contributed by atoms with Crippen molar-refractivity contribution in [2.45, 2.75) is 26.3 Å². The van der Waals surface area contributed by atoms with Crippen LogP contribution >= 0.6 is 46.4 Å². The standard InChI is InChI=1S/C20H16Cl4N2O3/c1-9(2)8-11(18(27)25-10-6-4-3-5-7-10)26-19(28)12-13(20(26)29)15(22)17(24)16(23)14(12)21/h3-7,9,11H,8H2,1-2H3,(H,25,27)/t11-/m1/s1. The van der Waals surface area contributed by atoms with E-state index in [1.54, 1.807) is 24.3 Å². The molecule has 1 aliphatic rings. The number of carbonyl (C=O) groups excluding carboxylic acids is 3. The normalized spacial score (nSPS) is 14.4. The second kappa shape index (κ2) is 8.52. The van der Waals surface area contributed by atoms with Gasteiger partial charge in [-0.25, -0.2) is 0 Å². The van der Waals surface area contributed by atoms with Crippen LogP contribution in [-0.4, -0.2) is 28.7 Å². The molecule has 0 fully saturated rings. The minimum absolute atomic E-state index is 0.0176. The molecule has 0 aromatic heterocycles. The van der Waals surface area contributed by atoms with E-state index in [1.165, 1.54) is 0 Å². The number of para-hydroxylation sites is 1. The smallest absolute Gasteiger partial charge is 0.263 e. The summed E-state index contributed by atoms with van der Waals surface area (Å²) >= 11 is 24.5. The SMILES string of the molecule is CC(C)C[C@H](C(=O)Nc1ccccc1)N1C(=O)c2c(Cl)c(Cl)c(Cl)c(Cl)c2C1=O. The number of rotatable bonds is 5. The van der Waals surface area contributed by atoms with Gasteiger partial charge in [0.2, 0.25) is 5.91 Å². The Morgan fingerprint density at radius 1 is 0.897 bits per heavy atom. The summed E-state index contributed by atoms with van der Waals surface area (Å²) in [6.07, 6.45) is 0.251. The molecule has 3 amide bonds. The summed E-state index contributed by atoms with van der Waals surface area (Å²) in [6.45, 7) is 3.77. The molecule has 152 valence electrons. The number of halogens is 4. The summed E-state index contributed by atoms with van der Waals surface area (Å²) in [5.74, 6) is -1.94. The van der Waals surface area contributed by atoms with E-state index in [-0.39, 0.29) is 43.6 Å². The van der Waals surface area contributed by atoms with Crippen molar-refractivity contribution >= 4 is 69.8 Å². The van der Waals surface area contributed by atoms with Gasteiger partial charge in [-0.3, -0.25) is 19.3 Å². The van der Waals surface area contributed by atoms with Crippen LogP contribution in [0, 0.1) is 5.92 Å². The van der Waals surface area contributed by atoms with Crippen molar-refractivity contribution < 1.29 is 14.4 Å². The molecular formula is C20H16Cl4N2O3. The maximum Gasteiger partial charge on any atom is 0.263 e. The van der Waals surface area contributed by atoms with Gasteiger partial charge in [0.05, 0.1) is 31.2 Å². The van der Waals surface area contributed by atoms with Crippen LogP contribution < -0.4 is 5.32 Å². The molecule has 2 aromatic rings. The Morgan fingerprint density at radius 3 is 1.83 bits per heavy atom. The third kappa shape index (κ3) is 3.97. The van der Waals surface area contributed by atoms with Crippen LogP contribution in [0.1, 0.15) is 41.0 Å². The third-order valence-corrected chi connectivity index (χ3v) is 6.28. The highest BCUT2D eigenvalue weighted by atomic mass is 35.5. The summed E-state index contributed by atoms with van der Waals surface area (Å²) in [5.41, 5.74) is 0.264. The fraction of sp³-hybridized carbons (Fsp3) is 0.250. The van der Waals surface area contributed by atoms with Crippen molar-refractivity contribution in [2.75, 3.05) is 5.32 Å². The summed E-state index contributed by atoms with van der Waals surface area (Å²) in [4.78, 5) is 40.1. The highest BCUT2D eigenvalue weighted by molar-refractivity contribution is 6.55. The first-order chi connectivity index (χ1) is 13.6. The van der Waals surface area contributed by atoms with Crippen LogP contribution in [0.15, 0.2) is 30.3 Å². The molecule has 0 bridgehead atoms. The van der Waals surface area contributed by atoms with Gasteiger partial charge < -0.3 is 5.32 Å². The molecule has 0 saturated heterocycles. The van der Waals surface area contributed by atoms with Gasteiger partial charge in [-0.15, -0.1) is 0 Å². The first kappa shape index (κ1) is 21.9. The molecule has 0 aliphatic carbocycles. The number of hydrogen-bond donors (Lipinski definition) is 1. The lowest BCUT2D eigenvalue weighted by Gasteiger charge is -2.26. The largest absolute Gasteiger partial charge is 0.324 e. The van der Waals surface area contributed by atoms with Gasteiger partial charge in [0, 0.05) is 5.69 Å². The molecule has 1 aliphatic heterocycles. The maximum atomic E-state index is 13.1. The average Bonchev–Trinajstić information content (AvgIpc) is 2.94. The predicted molar refractivity (Wildman–Crippen MR) is 115 cm³/mol. The van der Waals surface area contributed by atoms with Crippen LogP contribution in [0.3, 0.4) is 0 Å². The van der Waals surface area contributed by atoms with E-state index in [1.807, 2.05) is 19.9 Å². The Morgan fingerprint density at radius 2 is 1.38 bits per heavy atom. The molecule has 5 nitrogen and oxygen atoms in total. The Balaban J connectivity index is 2.04. The van der Waals surface area contributed by atoms with Crippen molar-refractivity contribution in [3.8, 4) is 0 Å². The maximum absolute atomic E-state index is 13.1. The van der Waals surface area contributed by atoms with E-state index in [9.17, 15) is 14.4 Å². The van der Waals surface area contributed by atoms with Crippen molar-refractivity contribution in [2.24, 2.45) is 5.92 Å². The average molecular weight is 474 g/mol. The van der Waals surface area contributed by atoms with Gasteiger partial charge in [0.1, 0.15) is 6.04 Å². The van der Waals surface area contributed by atoms with Gasteiger partial charge in [-0.2, -0.15) is 0 Å². The number of fused-ring (bicyclic) bond motifs is 1. The lowest BCUT2D eigenvalue weighted by atomic mass is 10.0. The molecule has 0 radical (unpaired) electrons. The second-order valence-electron chi connectivity index (χ2n) is 6.99. The Hall–Kier alpha value is -1.79. The predicted octanol–water partition coefficient (Wildman–Crippen LogP) is 5.95. The van der Waals surface area contributed by atoms with E-state index < -0.39 is 23.8 Å². The van der Waals surface area contributed by atoms with Crippen LogP contribution in [0.4, 0.5) is 5.69 Å². The quantitative estimate of drug-likeness (QED) is 0.331. The number of benzene rings is 2. The summed E-state index contributed by atoms with van der Waals surface area (Å²) in [7, 11) is 0. The number of nitrogens with zero attached hydrogens (tertiary/aromatic N) is 1. The Bertz CT molecular complexity index is 962. The van der Waals surface area contributed by atoms with Crippen LogP contribution in [0.2, 0.25) is 20.1 Å². The van der Waals surface area contributed by atoms with Gasteiger partial charge in [0.25, 0.3) is 11.8 Å². The molecule has 0 spiro atoms. The molecular weight excluding hydrogens is 458 g/mol. The molecule has 9 heteroatoms. The topological polar surface area (TPSA) is 66.5 Å². The molecule has 0 saturated carbocycles. The van der Waals surface area contributed by atoms with Gasteiger partial charge in [0.15, 0.2) is 0 Å². The van der Waals surface area contributed by atoms with Crippen LogP contribution in [-0.2, 0) is 4.79 Å². The fourth-order valence-electron chi connectivity index (χ4n) is 3.17. The molecule has 1 heterocycles. The summed E-state index contributed by atoms with van der Waals surface area (Å²) < 4.78 is 0. The first-order valence-corrected chi connectivity index (χ1v) is 10.3. The second-order valence-corrected chi connectivity index (χ2v) is 8.50. The molecule has 3 rings (SSSR count). The summed E-state index contributed by atoms with van der Waals surface area (Å²) in [6, 6.07) is 7.69. The highest BCUT2D eigenvalue weighted by Crippen LogP contribution is 2.45. The van der Waals surface area contributed by atoms with Crippen LogP contribution in [0.25, 0.3) is 0 Å². The van der Waals surface area contributed by atoms with Crippen LogP contribution in [0.5, 0.6) is 0 Å². The third-order valence-electron chi connectivity index (χ3n) is 4.48. The zero-order chi connectivity index (χ0) is 21.5. The minimum Gasteiger partial charge on any atom is -0.324 e. The zero-order valence-corrected chi connectivity index (χ0v) is 18.5. The number of hydrogen-bond acceptors (Lipinski definition) is 3. The molecule has 1 atom stereocenters. The first-order valence-electron chi connectivity index (χ1n) is 8.74. The minimum atomic E-state index is -1.06. The fourth-order valence-corrected chi connectivity index (χ4v) is 4.19. The van der Waals surface area contributed by atoms with Gasteiger partial charge >= 0.3 is 0 Å². The Labute approximate surface area is 187 Å². The highest BCUT2D eigenvalue weighted by Gasteiger charge is 2.46. The molecule has 0 unspecified atom stereocenters. The monoisotopic (exact) mass is 472 g/mol. The van der Waals surface area contributed by atoms with Crippen molar-refractivity contribution in [1.82, 2.24) is 4.90 Å². The van der Waals surface area contributed by atoms with E-state index in [0.29, 0.717) is 5.69 Å². The zero-order valence-electron chi connectivity index (χ0n) is 15.4. The van der Waals surface area contributed by atoms with Crippen molar-refractivity contribution in [3.05, 3.63) is 61.5 Å². The number of imide groups is 1. The lowest BCUT2D eigenvalue weighted by molar-refractivity contribution is -0.120. The molecule has 1 N–H and O–H groups in total. The number of nitrogens with one attached hydrogen (secondary N) is 1. The van der Waals surface area contributed by atoms with E-state index >= 15 is 0 Å². The number of anilines is 1. The van der Waals surface area contributed by atoms with Crippen molar-refractivity contribution in [1.29, 1.82) is 0 Å². The Kier molecular flexibility index (Phi) is 6.44. The lowest BCUT2D eigenvalue weighted by Crippen LogP contribution is -2.48. The van der Waals surface area contributed by atoms with E-state index in [4.69, 9.17) is 46.4 Å². The number of amides is 3. The van der Waals surface area contributed by atoms with Gasteiger partial charge in [-0.1, -0.05) is 78.5 Å².